The molecule has 1 N–H and O–H groups in total. The molecular formula is C11H18N2OS. The molecule has 2 atom stereocenters. The number of thiazole rings is 1. The summed E-state index contributed by atoms with van der Waals surface area (Å²) in [4.78, 5) is 4.49. The van der Waals surface area contributed by atoms with Crippen LogP contribution in [0.25, 0.3) is 0 Å². The number of aromatic nitrogens is 1. The van der Waals surface area contributed by atoms with E-state index in [1.807, 2.05) is 6.92 Å². The van der Waals surface area contributed by atoms with Gasteiger partial charge in [0.15, 0.2) is 0 Å². The van der Waals surface area contributed by atoms with Crippen LogP contribution >= 0.6 is 11.3 Å². The number of hydrogen-bond acceptors (Lipinski definition) is 4. The van der Waals surface area contributed by atoms with Gasteiger partial charge < -0.3 is 4.74 Å². The van der Waals surface area contributed by atoms with Gasteiger partial charge in [0.1, 0.15) is 11.2 Å². The van der Waals surface area contributed by atoms with E-state index in [1.165, 1.54) is 0 Å². The van der Waals surface area contributed by atoms with E-state index in [1.54, 1.807) is 11.3 Å². The molecule has 0 aromatic carbocycles. The minimum Gasteiger partial charge on any atom is -0.361 e. The summed E-state index contributed by atoms with van der Waals surface area (Å²) in [6.07, 6.45) is 0.131. The monoisotopic (exact) mass is 226 g/mol. The second-order valence-electron chi connectivity index (χ2n) is 5.13. The van der Waals surface area contributed by atoms with Gasteiger partial charge in [0.05, 0.1) is 12.6 Å². The Labute approximate surface area is 94.9 Å². The fourth-order valence-electron chi connectivity index (χ4n) is 1.65. The zero-order valence-electron chi connectivity index (χ0n) is 9.70. The molecular weight excluding hydrogens is 208 g/mol. The summed E-state index contributed by atoms with van der Waals surface area (Å²) >= 11 is 1.71. The highest BCUT2D eigenvalue weighted by Crippen LogP contribution is 2.30. The van der Waals surface area contributed by atoms with E-state index in [0.717, 1.165) is 17.3 Å². The van der Waals surface area contributed by atoms with Gasteiger partial charge in [0.25, 0.3) is 0 Å². The molecule has 0 bridgehead atoms. The van der Waals surface area contributed by atoms with Crippen LogP contribution in [-0.2, 0) is 4.74 Å². The van der Waals surface area contributed by atoms with Crippen LogP contribution < -0.4 is 5.32 Å². The summed E-state index contributed by atoms with van der Waals surface area (Å²) in [5.74, 6) is 0. The predicted octanol–water partition coefficient (Wildman–Crippen LogP) is 2.48. The van der Waals surface area contributed by atoms with Gasteiger partial charge in [0.2, 0.25) is 0 Å². The lowest BCUT2D eigenvalue weighted by Gasteiger charge is -2.26. The third-order valence-corrected chi connectivity index (χ3v) is 3.58. The molecule has 2 rings (SSSR count). The van der Waals surface area contributed by atoms with Crippen molar-refractivity contribution in [2.45, 2.75) is 40.0 Å². The van der Waals surface area contributed by atoms with Crippen LogP contribution in [0.3, 0.4) is 0 Å². The van der Waals surface area contributed by atoms with Gasteiger partial charge in [-0.05, 0) is 6.92 Å². The van der Waals surface area contributed by atoms with Crippen molar-refractivity contribution >= 4 is 11.3 Å². The highest BCUT2D eigenvalue weighted by Gasteiger charge is 2.35. The van der Waals surface area contributed by atoms with Gasteiger partial charge in [0, 0.05) is 16.5 Å². The quantitative estimate of drug-likeness (QED) is 0.799. The van der Waals surface area contributed by atoms with Crippen LogP contribution in [0.15, 0.2) is 5.38 Å². The van der Waals surface area contributed by atoms with Crippen molar-refractivity contribution in [3.63, 3.8) is 0 Å². The molecule has 0 aliphatic carbocycles. The Morgan fingerprint density at radius 1 is 1.53 bits per heavy atom. The molecule has 0 spiro atoms. The van der Waals surface area contributed by atoms with Crippen LogP contribution in [0.2, 0.25) is 0 Å². The van der Waals surface area contributed by atoms with Gasteiger partial charge in [-0.15, -0.1) is 11.3 Å². The van der Waals surface area contributed by atoms with E-state index >= 15 is 0 Å². The predicted molar refractivity (Wildman–Crippen MR) is 61.9 cm³/mol. The first-order valence-electron chi connectivity index (χ1n) is 5.26. The Hall–Kier alpha value is -0.450. The highest BCUT2D eigenvalue weighted by molar-refractivity contribution is 7.09. The van der Waals surface area contributed by atoms with Crippen LogP contribution in [0.5, 0.6) is 0 Å². The molecule has 0 amide bonds. The number of ether oxygens (including phenoxy) is 1. The molecule has 0 saturated carbocycles. The normalized spacial score (nSPS) is 27.2. The number of rotatable bonds is 1. The summed E-state index contributed by atoms with van der Waals surface area (Å²) in [6.45, 7) is 9.30. The van der Waals surface area contributed by atoms with Crippen LogP contribution in [0.1, 0.15) is 37.5 Å². The molecule has 1 aliphatic rings. The Balaban J connectivity index is 2.04. The van der Waals surface area contributed by atoms with E-state index in [-0.39, 0.29) is 17.7 Å². The standard InChI is InChI=1S/C11H18N2OS/c1-7-6-15-9(12-7)8-5-14-10(13-8)11(2,3)4/h6,8,10,13H,5H2,1-4H3. The molecule has 1 aliphatic heterocycles. The molecule has 2 heterocycles. The summed E-state index contributed by atoms with van der Waals surface area (Å²) in [7, 11) is 0. The molecule has 0 radical (unpaired) electrons. The van der Waals surface area contributed by atoms with E-state index in [9.17, 15) is 0 Å². The maximum atomic E-state index is 5.75. The van der Waals surface area contributed by atoms with E-state index < -0.39 is 0 Å². The van der Waals surface area contributed by atoms with Gasteiger partial charge in [-0.2, -0.15) is 0 Å². The lowest BCUT2D eigenvalue weighted by Crippen LogP contribution is -2.37. The fraction of sp³-hybridized carbons (Fsp3) is 0.727. The van der Waals surface area contributed by atoms with Crippen LogP contribution in [0.4, 0.5) is 0 Å². The largest absolute Gasteiger partial charge is 0.361 e. The Bertz CT molecular complexity index is 343. The second-order valence-corrected chi connectivity index (χ2v) is 6.02. The minimum absolute atomic E-state index is 0.131. The van der Waals surface area contributed by atoms with Crippen LogP contribution in [0, 0.1) is 12.3 Å². The maximum absolute atomic E-state index is 5.75. The zero-order valence-corrected chi connectivity index (χ0v) is 10.5. The van der Waals surface area contributed by atoms with Gasteiger partial charge in [-0.3, -0.25) is 5.32 Å². The highest BCUT2D eigenvalue weighted by atomic mass is 32.1. The van der Waals surface area contributed by atoms with Crippen molar-refractivity contribution in [2.24, 2.45) is 5.41 Å². The smallest absolute Gasteiger partial charge is 0.113 e. The third-order valence-electron chi connectivity index (χ3n) is 2.50. The Morgan fingerprint density at radius 2 is 2.27 bits per heavy atom. The number of aryl methyl sites for hydroxylation is 1. The second kappa shape index (κ2) is 3.85. The zero-order chi connectivity index (χ0) is 11.1. The molecule has 84 valence electrons. The number of nitrogens with zero attached hydrogens (tertiary/aromatic N) is 1. The number of nitrogens with one attached hydrogen (secondary N) is 1. The van der Waals surface area contributed by atoms with Gasteiger partial charge >= 0.3 is 0 Å². The van der Waals surface area contributed by atoms with Crippen molar-refractivity contribution < 1.29 is 4.74 Å². The average molecular weight is 226 g/mol. The molecule has 1 fully saturated rings. The first kappa shape index (κ1) is 11.0. The van der Waals surface area contributed by atoms with Crippen LogP contribution in [-0.4, -0.2) is 17.8 Å². The number of hydrogen-bond donors (Lipinski definition) is 1. The SMILES string of the molecule is Cc1csc(C2COC(C(C)(C)C)N2)n1. The molecule has 4 heteroatoms. The summed E-state index contributed by atoms with van der Waals surface area (Å²) in [5, 5.41) is 6.71. The average Bonchev–Trinajstić information content (AvgIpc) is 2.69. The maximum Gasteiger partial charge on any atom is 0.113 e. The van der Waals surface area contributed by atoms with E-state index in [4.69, 9.17) is 4.74 Å². The van der Waals surface area contributed by atoms with Crippen molar-refractivity contribution in [3.8, 4) is 0 Å². The summed E-state index contributed by atoms with van der Waals surface area (Å²) in [6, 6.07) is 0.271. The Kier molecular flexibility index (Phi) is 2.83. The molecule has 1 saturated heterocycles. The first-order chi connectivity index (χ1) is 6.97. The minimum atomic E-state index is 0.131. The molecule has 15 heavy (non-hydrogen) atoms. The third kappa shape index (κ3) is 2.38. The topological polar surface area (TPSA) is 34.1 Å². The molecule has 1 aromatic rings. The first-order valence-corrected chi connectivity index (χ1v) is 6.14. The molecule has 1 aromatic heterocycles. The summed E-state index contributed by atoms with van der Waals surface area (Å²) in [5.41, 5.74) is 1.23. The molecule has 2 unspecified atom stereocenters. The molecule has 3 nitrogen and oxygen atoms in total. The van der Waals surface area contributed by atoms with Gasteiger partial charge in [-0.1, -0.05) is 20.8 Å². The summed E-state index contributed by atoms with van der Waals surface area (Å²) < 4.78 is 5.75. The van der Waals surface area contributed by atoms with E-state index in [2.05, 4.69) is 36.5 Å². The lowest BCUT2D eigenvalue weighted by molar-refractivity contribution is 0.0173. The fourth-order valence-corrected chi connectivity index (χ4v) is 2.49. The van der Waals surface area contributed by atoms with Crippen molar-refractivity contribution in [3.05, 3.63) is 16.1 Å². The lowest BCUT2D eigenvalue weighted by atomic mass is 9.94. The van der Waals surface area contributed by atoms with Crippen molar-refractivity contribution in [1.29, 1.82) is 0 Å². The van der Waals surface area contributed by atoms with Gasteiger partial charge in [-0.25, -0.2) is 4.98 Å². The van der Waals surface area contributed by atoms with E-state index in [0.29, 0.717) is 0 Å². The van der Waals surface area contributed by atoms with Crippen molar-refractivity contribution in [1.82, 2.24) is 10.3 Å². The van der Waals surface area contributed by atoms with Crippen molar-refractivity contribution in [2.75, 3.05) is 6.61 Å². The Morgan fingerprint density at radius 3 is 2.73 bits per heavy atom.